The quantitative estimate of drug-likeness (QED) is 0.774. The summed E-state index contributed by atoms with van der Waals surface area (Å²) in [5, 5.41) is 0. The van der Waals surface area contributed by atoms with Gasteiger partial charge >= 0.3 is 0 Å². The lowest BCUT2D eigenvalue weighted by Gasteiger charge is -2.04. The Balaban J connectivity index is 2.02. The van der Waals surface area contributed by atoms with Crippen LogP contribution in [-0.2, 0) is 17.6 Å². The molecular formula is C17H18O. The zero-order chi connectivity index (χ0) is 12.8. The van der Waals surface area contributed by atoms with Crippen molar-refractivity contribution in [1.29, 1.82) is 0 Å². The van der Waals surface area contributed by atoms with Gasteiger partial charge in [-0.3, -0.25) is 4.79 Å². The molecule has 0 aliphatic rings. The molecule has 0 aliphatic carbocycles. The molecule has 0 amide bonds. The average molecular weight is 238 g/mol. The molecule has 0 saturated carbocycles. The van der Waals surface area contributed by atoms with Crippen LogP contribution in [-0.4, -0.2) is 5.78 Å². The van der Waals surface area contributed by atoms with Crippen molar-refractivity contribution in [2.75, 3.05) is 0 Å². The minimum Gasteiger partial charge on any atom is -0.299 e. The van der Waals surface area contributed by atoms with Crippen molar-refractivity contribution in [3.8, 4) is 0 Å². The van der Waals surface area contributed by atoms with Crippen molar-refractivity contribution in [3.05, 3.63) is 71.3 Å². The Labute approximate surface area is 108 Å². The third-order valence-electron chi connectivity index (χ3n) is 3.07. The van der Waals surface area contributed by atoms with E-state index in [9.17, 15) is 4.79 Å². The minimum absolute atomic E-state index is 0.297. The zero-order valence-electron chi connectivity index (χ0n) is 10.7. The van der Waals surface area contributed by atoms with Crippen LogP contribution in [0.4, 0.5) is 0 Å². The average Bonchev–Trinajstić information content (AvgIpc) is 2.42. The van der Waals surface area contributed by atoms with E-state index in [0.29, 0.717) is 18.6 Å². The maximum Gasteiger partial charge on any atom is 0.136 e. The molecule has 0 aliphatic heterocycles. The van der Waals surface area contributed by atoms with Gasteiger partial charge in [0.1, 0.15) is 5.78 Å². The van der Waals surface area contributed by atoms with E-state index >= 15 is 0 Å². The van der Waals surface area contributed by atoms with E-state index in [1.54, 1.807) is 0 Å². The Morgan fingerprint density at radius 2 is 1.39 bits per heavy atom. The van der Waals surface area contributed by atoms with E-state index in [4.69, 9.17) is 0 Å². The summed E-state index contributed by atoms with van der Waals surface area (Å²) in [5.74, 6) is 0.297. The van der Waals surface area contributed by atoms with Crippen LogP contribution >= 0.6 is 0 Å². The van der Waals surface area contributed by atoms with E-state index in [2.05, 4.69) is 48.5 Å². The van der Waals surface area contributed by atoms with Crippen molar-refractivity contribution in [3.63, 3.8) is 0 Å². The fourth-order valence-corrected chi connectivity index (χ4v) is 1.96. The van der Waals surface area contributed by atoms with Crippen LogP contribution in [0.25, 0.3) is 0 Å². The Hall–Kier alpha value is -1.89. The molecule has 0 bridgehead atoms. The van der Waals surface area contributed by atoms with Gasteiger partial charge in [-0.25, -0.2) is 0 Å². The van der Waals surface area contributed by atoms with E-state index in [-0.39, 0.29) is 0 Å². The van der Waals surface area contributed by atoms with Crippen molar-refractivity contribution in [1.82, 2.24) is 0 Å². The van der Waals surface area contributed by atoms with Crippen LogP contribution in [0.15, 0.2) is 54.6 Å². The number of ketones is 1. The maximum absolute atomic E-state index is 11.4. The van der Waals surface area contributed by atoms with Gasteiger partial charge in [-0.05, 0) is 23.1 Å². The summed E-state index contributed by atoms with van der Waals surface area (Å²) in [5.41, 5.74) is 3.71. The first-order valence-electron chi connectivity index (χ1n) is 6.41. The molecule has 0 radical (unpaired) electrons. The van der Waals surface area contributed by atoms with E-state index < -0.39 is 0 Å². The molecule has 2 aromatic rings. The smallest absolute Gasteiger partial charge is 0.136 e. The molecule has 0 atom stereocenters. The topological polar surface area (TPSA) is 17.1 Å². The van der Waals surface area contributed by atoms with Gasteiger partial charge in [0.15, 0.2) is 0 Å². The van der Waals surface area contributed by atoms with Crippen LogP contribution in [0.3, 0.4) is 0 Å². The number of hydrogen-bond donors (Lipinski definition) is 0. The summed E-state index contributed by atoms with van der Waals surface area (Å²) in [6.45, 7) is 1.91. The molecule has 0 saturated heterocycles. The molecular weight excluding hydrogens is 220 g/mol. The monoisotopic (exact) mass is 238 g/mol. The predicted octanol–water partition coefficient (Wildman–Crippen LogP) is 3.80. The largest absolute Gasteiger partial charge is 0.299 e. The molecule has 0 unspecified atom stereocenters. The van der Waals surface area contributed by atoms with Gasteiger partial charge in [0, 0.05) is 12.8 Å². The molecule has 92 valence electrons. The first-order valence-corrected chi connectivity index (χ1v) is 6.41. The van der Waals surface area contributed by atoms with Gasteiger partial charge < -0.3 is 0 Å². The zero-order valence-corrected chi connectivity index (χ0v) is 10.7. The van der Waals surface area contributed by atoms with Crippen molar-refractivity contribution in [2.45, 2.75) is 26.2 Å². The fourth-order valence-electron chi connectivity index (χ4n) is 1.96. The van der Waals surface area contributed by atoms with Crippen LogP contribution in [0.1, 0.15) is 30.0 Å². The molecule has 18 heavy (non-hydrogen) atoms. The van der Waals surface area contributed by atoms with Gasteiger partial charge in [-0.1, -0.05) is 61.5 Å². The third-order valence-corrected chi connectivity index (χ3v) is 3.07. The number of benzene rings is 2. The summed E-state index contributed by atoms with van der Waals surface area (Å²) in [6.07, 6.45) is 2.12. The second kappa shape index (κ2) is 6.15. The Bertz CT molecular complexity index is 497. The van der Waals surface area contributed by atoms with Crippen LogP contribution in [0, 0.1) is 0 Å². The van der Waals surface area contributed by atoms with E-state index in [0.717, 1.165) is 12.0 Å². The SMILES string of the molecule is CCC(=O)Cc1ccc(Cc2ccccc2)cc1. The van der Waals surface area contributed by atoms with Crippen LogP contribution < -0.4 is 0 Å². The van der Waals surface area contributed by atoms with Gasteiger partial charge in [0.2, 0.25) is 0 Å². The molecule has 0 heterocycles. The summed E-state index contributed by atoms with van der Waals surface area (Å²) in [4.78, 5) is 11.4. The molecule has 1 heteroatoms. The molecule has 0 spiro atoms. The van der Waals surface area contributed by atoms with Gasteiger partial charge in [-0.15, -0.1) is 0 Å². The standard InChI is InChI=1S/C17H18O/c1-2-17(18)13-16-10-8-15(9-11-16)12-14-6-4-3-5-7-14/h3-11H,2,12-13H2,1H3. The van der Waals surface area contributed by atoms with E-state index in [1.165, 1.54) is 11.1 Å². The second-order valence-electron chi connectivity index (χ2n) is 4.55. The normalized spacial score (nSPS) is 10.3. The highest BCUT2D eigenvalue weighted by Crippen LogP contribution is 2.11. The molecule has 0 fully saturated rings. The first kappa shape index (κ1) is 12.6. The summed E-state index contributed by atoms with van der Waals surface area (Å²) in [7, 11) is 0. The molecule has 0 aromatic heterocycles. The third kappa shape index (κ3) is 3.56. The lowest BCUT2D eigenvalue weighted by molar-refractivity contribution is -0.118. The molecule has 0 N–H and O–H groups in total. The molecule has 2 rings (SSSR count). The molecule has 2 aromatic carbocycles. The Morgan fingerprint density at radius 1 is 0.833 bits per heavy atom. The second-order valence-corrected chi connectivity index (χ2v) is 4.55. The van der Waals surface area contributed by atoms with Gasteiger partial charge in [0.25, 0.3) is 0 Å². The highest BCUT2D eigenvalue weighted by Gasteiger charge is 2.01. The number of rotatable bonds is 5. The van der Waals surface area contributed by atoms with Crippen LogP contribution in [0.5, 0.6) is 0 Å². The summed E-state index contributed by atoms with van der Waals surface area (Å²) >= 11 is 0. The van der Waals surface area contributed by atoms with Crippen molar-refractivity contribution in [2.24, 2.45) is 0 Å². The van der Waals surface area contributed by atoms with Crippen molar-refractivity contribution >= 4 is 5.78 Å². The number of carbonyl (C=O) groups excluding carboxylic acids is 1. The highest BCUT2D eigenvalue weighted by molar-refractivity contribution is 5.80. The summed E-state index contributed by atoms with van der Waals surface area (Å²) < 4.78 is 0. The lowest BCUT2D eigenvalue weighted by Crippen LogP contribution is -2.00. The summed E-state index contributed by atoms with van der Waals surface area (Å²) in [6, 6.07) is 18.8. The van der Waals surface area contributed by atoms with Gasteiger partial charge in [0.05, 0.1) is 0 Å². The van der Waals surface area contributed by atoms with Crippen LogP contribution in [0.2, 0.25) is 0 Å². The number of hydrogen-bond acceptors (Lipinski definition) is 1. The highest BCUT2D eigenvalue weighted by atomic mass is 16.1. The van der Waals surface area contributed by atoms with Crippen molar-refractivity contribution < 1.29 is 4.79 Å². The minimum atomic E-state index is 0.297. The number of Topliss-reactive ketones (excluding diaryl/α,β-unsaturated/α-hetero) is 1. The van der Waals surface area contributed by atoms with Gasteiger partial charge in [-0.2, -0.15) is 0 Å². The molecule has 1 nitrogen and oxygen atoms in total. The lowest BCUT2D eigenvalue weighted by atomic mass is 10.0. The number of carbonyl (C=O) groups is 1. The first-order chi connectivity index (χ1) is 8.78. The van der Waals surface area contributed by atoms with E-state index in [1.807, 2.05) is 13.0 Å². The maximum atomic E-state index is 11.4. The Kier molecular flexibility index (Phi) is 4.30. The Morgan fingerprint density at radius 3 is 2.00 bits per heavy atom. The fraction of sp³-hybridized carbons (Fsp3) is 0.235. The predicted molar refractivity (Wildman–Crippen MR) is 74.7 cm³/mol.